The van der Waals surface area contributed by atoms with Gasteiger partial charge in [0.05, 0.1) is 46.5 Å². The maximum atomic E-state index is 13.3. The van der Waals surface area contributed by atoms with Crippen molar-refractivity contribution in [2.24, 2.45) is 0 Å². The molecule has 2 N–H and O–H groups in total. The van der Waals surface area contributed by atoms with Gasteiger partial charge in [0.25, 0.3) is 20.0 Å². The molecule has 44 heavy (non-hydrogen) atoms. The van der Waals surface area contributed by atoms with Crippen LogP contribution in [0.1, 0.15) is 20.7 Å². The molecule has 11 nitrogen and oxygen atoms in total. The van der Waals surface area contributed by atoms with Gasteiger partial charge < -0.3 is 14.2 Å². The molecular formula is C29H24F2N2O9S2. The fourth-order valence-corrected chi connectivity index (χ4v) is 5.92. The average Bonchev–Trinajstić information content (AvgIpc) is 2.99. The molecule has 4 aromatic rings. The number of halogens is 2. The van der Waals surface area contributed by atoms with Crippen molar-refractivity contribution in [2.75, 3.05) is 30.3 Å². The maximum Gasteiger partial charge on any atom is 0.338 e. The highest BCUT2D eigenvalue weighted by molar-refractivity contribution is 7.93. The fraction of sp³-hybridized carbons (Fsp3) is 0.103. The van der Waals surface area contributed by atoms with Gasteiger partial charge in [-0.25, -0.2) is 30.4 Å². The number of sulfonamides is 2. The molecule has 0 amide bonds. The van der Waals surface area contributed by atoms with E-state index in [4.69, 9.17) is 14.2 Å². The minimum atomic E-state index is -4.33. The zero-order chi connectivity index (χ0) is 32.1. The molecule has 0 radical (unpaired) electrons. The van der Waals surface area contributed by atoms with Crippen LogP contribution in [0.25, 0.3) is 0 Å². The highest BCUT2D eigenvalue weighted by atomic mass is 32.2. The second-order valence-corrected chi connectivity index (χ2v) is 12.3. The van der Waals surface area contributed by atoms with E-state index in [1.807, 2.05) is 0 Å². The minimum Gasteiger partial charge on any atom is -0.497 e. The van der Waals surface area contributed by atoms with Gasteiger partial charge in [-0.05, 0) is 78.9 Å². The smallest absolute Gasteiger partial charge is 0.338 e. The summed E-state index contributed by atoms with van der Waals surface area (Å²) < 4.78 is 98.3. The van der Waals surface area contributed by atoms with Gasteiger partial charge in [0.2, 0.25) is 5.78 Å². The van der Waals surface area contributed by atoms with Crippen LogP contribution in [0.15, 0.2) is 94.7 Å². The van der Waals surface area contributed by atoms with Gasteiger partial charge in [-0.15, -0.1) is 0 Å². The number of esters is 1. The summed E-state index contributed by atoms with van der Waals surface area (Å²) in [6.07, 6.45) is 0. The first kappa shape index (κ1) is 31.9. The summed E-state index contributed by atoms with van der Waals surface area (Å²) in [4.78, 5) is 25.2. The fourth-order valence-electron chi connectivity index (χ4n) is 3.84. The third kappa shape index (κ3) is 7.67. The van der Waals surface area contributed by atoms with Gasteiger partial charge in [-0.3, -0.25) is 14.2 Å². The lowest BCUT2D eigenvalue weighted by atomic mass is 10.1. The van der Waals surface area contributed by atoms with Crippen molar-refractivity contribution in [3.8, 4) is 11.5 Å². The number of carbonyl (C=O) groups is 2. The lowest BCUT2D eigenvalue weighted by molar-refractivity contribution is 0.0474. The molecular weight excluding hydrogens is 622 g/mol. The molecule has 0 aliphatic carbocycles. The molecule has 0 heterocycles. The van der Waals surface area contributed by atoms with Crippen molar-refractivity contribution in [3.05, 3.63) is 108 Å². The highest BCUT2D eigenvalue weighted by Crippen LogP contribution is 2.27. The maximum absolute atomic E-state index is 13.3. The van der Waals surface area contributed by atoms with Crippen LogP contribution < -0.4 is 18.9 Å². The highest BCUT2D eigenvalue weighted by Gasteiger charge is 2.21. The third-order valence-electron chi connectivity index (χ3n) is 5.96. The largest absolute Gasteiger partial charge is 0.497 e. The van der Waals surface area contributed by atoms with Gasteiger partial charge in [-0.1, -0.05) is 0 Å². The predicted molar refractivity (Wildman–Crippen MR) is 155 cm³/mol. The van der Waals surface area contributed by atoms with E-state index in [2.05, 4.69) is 9.44 Å². The Hall–Kier alpha value is -5.02. The first-order valence-corrected chi connectivity index (χ1v) is 15.4. The molecule has 0 spiro atoms. The summed E-state index contributed by atoms with van der Waals surface area (Å²) in [5.74, 6) is -2.49. The molecule has 230 valence electrons. The van der Waals surface area contributed by atoms with Crippen molar-refractivity contribution >= 4 is 43.2 Å². The Morgan fingerprint density at radius 2 is 1.18 bits per heavy atom. The van der Waals surface area contributed by atoms with Gasteiger partial charge >= 0.3 is 5.97 Å². The van der Waals surface area contributed by atoms with Crippen LogP contribution in [0.3, 0.4) is 0 Å². The standard InChI is InChI=1S/C29H24F2N2O9S2/c1-40-23-7-12-26(28(16-23)41-2)27(34)17-42-29(35)18-13-21(32-43(36,37)24-8-3-19(30)4-9-24)15-22(14-18)33-44(38,39)25-10-5-20(31)6-11-25/h3-16,32-33H,17H2,1-2H3. The quantitative estimate of drug-likeness (QED) is 0.166. The molecule has 0 aliphatic rings. The van der Waals surface area contributed by atoms with Crippen LogP contribution in [0, 0.1) is 11.6 Å². The molecule has 0 atom stereocenters. The molecule has 4 aromatic carbocycles. The van der Waals surface area contributed by atoms with Gasteiger partial charge in [0.1, 0.15) is 23.1 Å². The van der Waals surface area contributed by atoms with Crippen LogP contribution in [0.4, 0.5) is 20.2 Å². The second-order valence-electron chi connectivity index (χ2n) is 8.98. The zero-order valence-corrected chi connectivity index (χ0v) is 24.7. The summed E-state index contributed by atoms with van der Waals surface area (Å²) in [7, 11) is -5.89. The number of Topliss-reactive ketones (excluding diaryl/α,β-unsaturated/α-hetero) is 1. The Morgan fingerprint density at radius 3 is 1.64 bits per heavy atom. The van der Waals surface area contributed by atoms with E-state index in [9.17, 15) is 35.2 Å². The number of rotatable bonds is 12. The monoisotopic (exact) mass is 646 g/mol. The van der Waals surface area contributed by atoms with Gasteiger partial charge in [0.15, 0.2) is 6.61 Å². The van der Waals surface area contributed by atoms with Crippen LogP contribution >= 0.6 is 0 Å². The van der Waals surface area contributed by atoms with Gasteiger partial charge in [0, 0.05) is 6.07 Å². The van der Waals surface area contributed by atoms with E-state index in [1.54, 1.807) is 0 Å². The number of anilines is 2. The molecule has 0 bridgehead atoms. The average molecular weight is 647 g/mol. The van der Waals surface area contributed by atoms with Crippen molar-refractivity contribution in [1.29, 1.82) is 0 Å². The predicted octanol–water partition coefficient (Wildman–Crippen LogP) is 4.62. The third-order valence-corrected chi connectivity index (χ3v) is 8.76. The molecule has 0 saturated carbocycles. The van der Waals surface area contributed by atoms with Crippen molar-refractivity contribution in [3.63, 3.8) is 0 Å². The Balaban J connectivity index is 1.64. The first-order valence-electron chi connectivity index (χ1n) is 12.5. The summed E-state index contributed by atoms with van der Waals surface area (Å²) in [5, 5.41) is 0. The summed E-state index contributed by atoms with van der Waals surface area (Å²) in [6, 6.07) is 15.3. The van der Waals surface area contributed by atoms with E-state index in [-0.39, 0.29) is 38.0 Å². The van der Waals surface area contributed by atoms with Crippen LogP contribution in [-0.4, -0.2) is 49.4 Å². The lowest BCUT2D eigenvalue weighted by Crippen LogP contribution is -2.18. The molecule has 0 unspecified atom stereocenters. The number of hydrogen-bond acceptors (Lipinski definition) is 9. The van der Waals surface area contributed by atoms with Crippen molar-refractivity contribution in [1.82, 2.24) is 0 Å². The number of ketones is 1. The Labute approximate surface area is 251 Å². The topological polar surface area (TPSA) is 154 Å². The van der Waals surface area contributed by atoms with E-state index in [0.717, 1.165) is 66.7 Å². The van der Waals surface area contributed by atoms with Crippen molar-refractivity contribution < 1.29 is 49.4 Å². The van der Waals surface area contributed by atoms with E-state index >= 15 is 0 Å². The number of carbonyl (C=O) groups excluding carboxylic acids is 2. The van der Waals surface area contributed by atoms with Crippen LogP contribution in [0.5, 0.6) is 11.5 Å². The molecule has 15 heteroatoms. The Bertz CT molecular complexity index is 1820. The van der Waals surface area contributed by atoms with E-state index < -0.39 is 50.0 Å². The normalized spacial score (nSPS) is 11.4. The van der Waals surface area contributed by atoms with E-state index in [1.165, 1.54) is 32.4 Å². The number of ether oxygens (including phenoxy) is 3. The van der Waals surface area contributed by atoms with Crippen LogP contribution in [-0.2, 0) is 24.8 Å². The van der Waals surface area contributed by atoms with Gasteiger partial charge in [-0.2, -0.15) is 0 Å². The number of nitrogens with one attached hydrogen (secondary N) is 2. The molecule has 0 fully saturated rings. The number of methoxy groups -OCH3 is 2. The summed E-state index contributed by atoms with van der Waals surface area (Å²) in [5.41, 5.74) is -0.794. The number of benzene rings is 4. The van der Waals surface area contributed by atoms with Crippen molar-refractivity contribution in [2.45, 2.75) is 9.79 Å². The molecule has 0 aromatic heterocycles. The first-order chi connectivity index (χ1) is 20.8. The summed E-state index contributed by atoms with van der Waals surface area (Å²) in [6.45, 7) is -0.746. The molecule has 0 aliphatic heterocycles. The Kier molecular flexibility index (Phi) is 9.50. The summed E-state index contributed by atoms with van der Waals surface area (Å²) >= 11 is 0. The Morgan fingerprint density at radius 1 is 0.682 bits per heavy atom. The molecule has 0 saturated heterocycles. The van der Waals surface area contributed by atoms with Crippen LogP contribution in [0.2, 0.25) is 0 Å². The van der Waals surface area contributed by atoms with E-state index in [0.29, 0.717) is 5.75 Å². The molecule has 4 rings (SSSR count). The second kappa shape index (κ2) is 13.1. The SMILES string of the molecule is COc1ccc(C(=O)COC(=O)c2cc(NS(=O)(=O)c3ccc(F)cc3)cc(NS(=O)(=O)c3ccc(F)cc3)c2)c(OC)c1. The zero-order valence-electron chi connectivity index (χ0n) is 23.0. The number of hydrogen-bond donors (Lipinski definition) is 2. The minimum absolute atomic E-state index is 0.0923. The lowest BCUT2D eigenvalue weighted by Gasteiger charge is -2.14.